The number of aliphatic hydroxyl groups is 1. The number of ether oxygens (including phenoxy) is 2. The van der Waals surface area contributed by atoms with E-state index >= 15 is 0 Å². The van der Waals surface area contributed by atoms with E-state index in [0.717, 1.165) is 17.7 Å². The van der Waals surface area contributed by atoms with Gasteiger partial charge >= 0.3 is 0 Å². The van der Waals surface area contributed by atoms with Crippen LogP contribution in [0, 0.1) is 0 Å². The maximum absolute atomic E-state index is 9.66. The lowest BCUT2D eigenvalue weighted by Gasteiger charge is -2.10. The molecule has 1 N–H and O–H groups in total. The highest BCUT2D eigenvalue weighted by Crippen LogP contribution is 2.20. The highest BCUT2D eigenvalue weighted by Gasteiger charge is 2.26. The van der Waals surface area contributed by atoms with Crippen molar-refractivity contribution >= 4 is 5.71 Å². The van der Waals surface area contributed by atoms with Crippen molar-refractivity contribution < 1.29 is 19.4 Å². The van der Waals surface area contributed by atoms with Crippen LogP contribution in [0.2, 0.25) is 0 Å². The van der Waals surface area contributed by atoms with Crippen LogP contribution in [0.3, 0.4) is 0 Å². The minimum atomic E-state index is -0.958. The maximum Gasteiger partial charge on any atom is 0.198 e. The van der Waals surface area contributed by atoms with Crippen molar-refractivity contribution in [3.8, 4) is 5.75 Å². The third-order valence-electron chi connectivity index (χ3n) is 2.96. The second kappa shape index (κ2) is 6.54. The fourth-order valence-corrected chi connectivity index (χ4v) is 2.02. The highest BCUT2D eigenvalue weighted by molar-refractivity contribution is 5.88. The van der Waals surface area contributed by atoms with Gasteiger partial charge < -0.3 is 19.4 Å². The van der Waals surface area contributed by atoms with E-state index in [-0.39, 0.29) is 6.10 Å². The first-order valence-corrected chi connectivity index (χ1v) is 6.38. The molecule has 1 aromatic carbocycles. The Bertz CT molecular complexity index is 447. The Morgan fingerprint density at radius 2 is 2.37 bits per heavy atom. The second-order valence-corrected chi connectivity index (χ2v) is 4.38. The highest BCUT2D eigenvalue weighted by atomic mass is 16.7. The fraction of sp³-hybridized carbons (Fsp3) is 0.500. The summed E-state index contributed by atoms with van der Waals surface area (Å²) in [6, 6.07) is 7.84. The summed E-state index contributed by atoms with van der Waals surface area (Å²) in [4.78, 5) is 5.32. The quantitative estimate of drug-likeness (QED) is 0.796. The van der Waals surface area contributed by atoms with Crippen LogP contribution in [0.5, 0.6) is 5.75 Å². The van der Waals surface area contributed by atoms with E-state index in [1.807, 2.05) is 31.2 Å². The molecule has 0 amide bonds. The number of hydrogen-bond donors (Lipinski definition) is 1. The monoisotopic (exact) mass is 265 g/mol. The lowest BCUT2D eigenvalue weighted by atomic mass is 10.0. The summed E-state index contributed by atoms with van der Waals surface area (Å²) < 4.78 is 10.3. The number of nitrogens with zero attached hydrogens (tertiary/aromatic N) is 1. The van der Waals surface area contributed by atoms with Gasteiger partial charge in [-0.15, -0.1) is 0 Å². The van der Waals surface area contributed by atoms with Crippen molar-refractivity contribution in [2.75, 3.05) is 13.7 Å². The molecule has 2 rings (SSSR count). The molecule has 0 fully saturated rings. The number of methoxy groups -OCH3 is 1. The van der Waals surface area contributed by atoms with Gasteiger partial charge in [-0.1, -0.05) is 17.3 Å². The molecule has 1 aliphatic heterocycles. The lowest BCUT2D eigenvalue weighted by Crippen LogP contribution is -2.24. The maximum atomic E-state index is 9.66. The van der Waals surface area contributed by atoms with E-state index in [2.05, 4.69) is 5.16 Å². The van der Waals surface area contributed by atoms with Gasteiger partial charge in [0.1, 0.15) is 17.6 Å². The molecule has 2 atom stereocenters. The molecule has 0 radical (unpaired) electrons. The van der Waals surface area contributed by atoms with Crippen molar-refractivity contribution in [1.82, 2.24) is 0 Å². The van der Waals surface area contributed by atoms with Crippen molar-refractivity contribution in [3.63, 3.8) is 0 Å². The Kier molecular flexibility index (Phi) is 4.76. The van der Waals surface area contributed by atoms with Crippen molar-refractivity contribution in [1.29, 1.82) is 0 Å². The summed E-state index contributed by atoms with van der Waals surface area (Å²) >= 11 is 0. The molecule has 104 valence electrons. The lowest BCUT2D eigenvalue weighted by molar-refractivity contribution is -0.0451. The van der Waals surface area contributed by atoms with Crippen molar-refractivity contribution in [3.05, 3.63) is 29.8 Å². The van der Waals surface area contributed by atoms with Gasteiger partial charge in [0.15, 0.2) is 6.29 Å². The summed E-state index contributed by atoms with van der Waals surface area (Å²) in [5.41, 5.74) is 1.67. The number of aliphatic hydroxyl groups excluding tert-OH is 1. The Morgan fingerprint density at radius 3 is 3.11 bits per heavy atom. The molecule has 1 heterocycles. The molecule has 0 aliphatic carbocycles. The third-order valence-corrected chi connectivity index (χ3v) is 2.96. The molecule has 5 nitrogen and oxygen atoms in total. The summed E-state index contributed by atoms with van der Waals surface area (Å²) in [6.07, 6.45) is 0.291. The normalized spacial score (nSPS) is 19.7. The third kappa shape index (κ3) is 3.68. The van der Waals surface area contributed by atoms with Crippen LogP contribution in [0.25, 0.3) is 0 Å². The van der Waals surface area contributed by atoms with Crippen LogP contribution in [0.15, 0.2) is 29.4 Å². The van der Waals surface area contributed by atoms with Crippen molar-refractivity contribution in [2.45, 2.75) is 32.2 Å². The molecule has 0 spiro atoms. The average Bonchev–Trinajstić information content (AvgIpc) is 2.88. The number of hydrogen-bond acceptors (Lipinski definition) is 5. The van der Waals surface area contributed by atoms with Crippen LogP contribution < -0.4 is 4.74 Å². The Hall–Kier alpha value is -1.59. The van der Waals surface area contributed by atoms with Crippen LogP contribution in [-0.4, -0.2) is 36.9 Å². The van der Waals surface area contributed by atoms with Gasteiger partial charge in [0.25, 0.3) is 0 Å². The van der Waals surface area contributed by atoms with E-state index in [4.69, 9.17) is 14.3 Å². The first-order valence-electron chi connectivity index (χ1n) is 6.38. The molecular weight excluding hydrogens is 246 g/mol. The minimum Gasteiger partial charge on any atom is -0.497 e. The number of rotatable bonds is 6. The van der Waals surface area contributed by atoms with Crippen LogP contribution in [-0.2, 0) is 16.0 Å². The van der Waals surface area contributed by atoms with Crippen LogP contribution in [0.4, 0.5) is 0 Å². The Labute approximate surface area is 112 Å². The first kappa shape index (κ1) is 13.8. The van der Waals surface area contributed by atoms with Crippen molar-refractivity contribution in [2.24, 2.45) is 5.16 Å². The second-order valence-electron chi connectivity index (χ2n) is 4.38. The molecule has 5 heteroatoms. The van der Waals surface area contributed by atoms with E-state index in [1.165, 1.54) is 0 Å². The Balaban J connectivity index is 1.89. The molecular formula is C14H19NO4. The summed E-state index contributed by atoms with van der Waals surface area (Å²) in [5, 5.41) is 13.5. The summed E-state index contributed by atoms with van der Waals surface area (Å²) in [5.74, 6) is 0.825. The number of oxime groups is 1. The summed E-state index contributed by atoms with van der Waals surface area (Å²) in [7, 11) is 1.64. The SMILES string of the molecule is CCOC(O)C1=NO[C@@H](Cc2cccc(OC)c2)C1. The zero-order valence-corrected chi connectivity index (χ0v) is 11.2. The summed E-state index contributed by atoms with van der Waals surface area (Å²) in [6.45, 7) is 2.27. The molecule has 1 unspecified atom stereocenters. The van der Waals surface area contributed by atoms with E-state index in [1.54, 1.807) is 7.11 Å². The van der Waals surface area contributed by atoms with E-state index < -0.39 is 6.29 Å². The molecule has 0 aromatic heterocycles. The van der Waals surface area contributed by atoms with Gasteiger partial charge in [0.05, 0.1) is 7.11 Å². The predicted molar refractivity (Wildman–Crippen MR) is 71.3 cm³/mol. The van der Waals surface area contributed by atoms with Gasteiger partial charge in [-0.25, -0.2) is 0 Å². The van der Waals surface area contributed by atoms with Crippen LogP contribution >= 0.6 is 0 Å². The molecule has 19 heavy (non-hydrogen) atoms. The van der Waals surface area contributed by atoms with Gasteiger partial charge in [-0.2, -0.15) is 0 Å². The first-order chi connectivity index (χ1) is 9.22. The molecule has 0 saturated carbocycles. The average molecular weight is 265 g/mol. The zero-order chi connectivity index (χ0) is 13.7. The van der Waals surface area contributed by atoms with Gasteiger partial charge in [0.2, 0.25) is 0 Å². The molecule has 1 aliphatic rings. The van der Waals surface area contributed by atoms with Gasteiger partial charge in [-0.3, -0.25) is 0 Å². The van der Waals surface area contributed by atoms with Crippen LogP contribution in [0.1, 0.15) is 18.9 Å². The standard InChI is InChI=1S/C14H19NO4/c1-3-18-14(16)13-9-12(19-15-13)8-10-5-4-6-11(7-10)17-2/h4-7,12,14,16H,3,8-9H2,1-2H3/t12-,14?/m0/s1. The number of benzene rings is 1. The van der Waals surface area contributed by atoms with E-state index in [0.29, 0.717) is 18.7 Å². The predicted octanol–water partition coefficient (Wildman–Crippen LogP) is 1.74. The minimum absolute atomic E-state index is 0.0581. The van der Waals surface area contributed by atoms with E-state index in [9.17, 15) is 5.11 Å². The topological polar surface area (TPSA) is 60.3 Å². The molecule has 0 bridgehead atoms. The van der Waals surface area contributed by atoms with Gasteiger partial charge in [0, 0.05) is 19.4 Å². The molecule has 1 aromatic rings. The zero-order valence-electron chi connectivity index (χ0n) is 11.2. The Morgan fingerprint density at radius 1 is 1.53 bits per heavy atom. The fourth-order valence-electron chi connectivity index (χ4n) is 2.02. The largest absolute Gasteiger partial charge is 0.497 e. The molecule has 0 saturated heterocycles. The van der Waals surface area contributed by atoms with Gasteiger partial charge in [-0.05, 0) is 24.6 Å². The smallest absolute Gasteiger partial charge is 0.198 e.